The molecule has 4 aliphatic carbocycles. The molecule has 0 heterocycles. The summed E-state index contributed by atoms with van der Waals surface area (Å²) in [4.78, 5) is 39.7. The van der Waals surface area contributed by atoms with Crippen molar-refractivity contribution in [1.82, 2.24) is 0 Å². The quantitative estimate of drug-likeness (QED) is 0.152. The van der Waals surface area contributed by atoms with Crippen LogP contribution >= 0.6 is 15.9 Å². The molecule has 52 heavy (non-hydrogen) atoms. The van der Waals surface area contributed by atoms with Crippen LogP contribution in [0.5, 0.6) is 0 Å². The van der Waals surface area contributed by atoms with Crippen molar-refractivity contribution in [2.75, 3.05) is 6.79 Å². The van der Waals surface area contributed by atoms with Gasteiger partial charge in [-0.1, -0.05) is 61.3 Å². The van der Waals surface area contributed by atoms with Crippen molar-refractivity contribution in [2.45, 2.75) is 139 Å². The van der Waals surface area contributed by atoms with Crippen molar-refractivity contribution in [3.05, 3.63) is 51.0 Å². The van der Waals surface area contributed by atoms with Crippen LogP contribution in [0.2, 0.25) is 0 Å². The second-order valence-corrected chi connectivity index (χ2v) is 19.2. The van der Waals surface area contributed by atoms with Crippen molar-refractivity contribution in [1.29, 1.82) is 0 Å². The molecule has 1 aromatic rings. The molecule has 5 rings (SSSR count). The lowest BCUT2D eigenvalue weighted by molar-refractivity contribution is -0.234. The molecule has 0 amide bonds. The number of hydrogen-bond acceptors (Lipinski definition) is 8. The number of carbonyl (C=O) groups excluding carboxylic acids is 3. The lowest BCUT2D eigenvalue weighted by Crippen LogP contribution is -2.65. The van der Waals surface area contributed by atoms with Gasteiger partial charge in [-0.3, -0.25) is 9.59 Å². The predicted octanol–water partition coefficient (Wildman–Crippen LogP) is 8.96. The molecule has 0 aliphatic heterocycles. The van der Waals surface area contributed by atoms with Gasteiger partial charge in [0.1, 0.15) is 6.10 Å². The molecule has 4 fully saturated rings. The number of fused-ring (bicyclic) bond motifs is 5. The first-order valence-corrected chi connectivity index (χ1v) is 20.0. The number of hydrogen-bond donors (Lipinski definition) is 2. The average molecular weight is 786 g/mol. The number of benzene rings is 1. The van der Waals surface area contributed by atoms with Crippen molar-refractivity contribution in [2.24, 2.45) is 45.3 Å². The van der Waals surface area contributed by atoms with E-state index in [1.165, 1.54) is 6.92 Å². The molecule has 0 bridgehead atoms. The number of halogens is 1. The molecule has 4 saturated carbocycles. The van der Waals surface area contributed by atoms with E-state index in [9.17, 15) is 24.6 Å². The standard InChI is InChI=1S/C43H61BrO8/c1-24(2)29(27-11-13-28(44)14-12-27)15-16-30(38(48)50-23-51-39(49)40(5,6)7)36-32-21-34(47)37-41(8)19-18-33(46)25(3)31(41)17-20-42(37,9)43(32,10)22-35(36)52-26(4)45/h11-14,25,31-35,37,46-47H,15-23H2,1-10H3/b36-30-/t25-,31?,32?,33+,34+,35-,37-,41-,42-,43-/m0/s1. The van der Waals surface area contributed by atoms with E-state index < -0.39 is 47.7 Å². The lowest BCUT2D eigenvalue weighted by Gasteiger charge is -2.69. The van der Waals surface area contributed by atoms with Gasteiger partial charge < -0.3 is 24.4 Å². The summed E-state index contributed by atoms with van der Waals surface area (Å²) >= 11 is 3.53. The van der Waals surface area contributed by atoms with E-state index >= 15 is 0 Å². The summed E-state index contributed by atoms with van der Waals surface area (Å²) < 4.78 is 18.2. The second kappa shape index (κ2) is 15.0. The minimum absolute atomic E-state index is 0.0193. The van der Waals surface area contributed by atoms with E-state index in [0.717, 1.165) is 52.4 Å². The molecule has 0 spiro atoms. The van der Waals surface area contributed by atoms with E-state index in [1.54, 1.807) is 20.8 Å². The predicted molar refractivity (Wildman–Crippen MR) is 204 cm³/mol. The van der Waals surface area contributed by atoms with Crippen LogP contribution in [-0.2, 0) is 28.6 Å². The minimum Gasteiger partial charge on any atom is -0.458 e. The molecule has 2 unspecified atom stereocenters. The summed E-state index contributed by atoms with van der Waals surface area (Å²) in [6.07, 6.45) is 3.53. The molecule has 4 aliphatic rings. The fourth-order valence-corrected chi connectivity index (χ4v) is 11.6. The van der Waals surface area contributed by atoms with E-state index in [-0.39, 0.29) is 34.7 Å². The number of allylic oxidation sites excluding steroid dienone is 2. The summed E-state index contributed by atoms with van der Waals surface area (Å²) in [7, 11) is 0. The Morgan fingerprint density at radius 3 is 2.15 bits per heavy atom. The molecular weight excluding hydrogens is 724 g/mol. The van der Waals surface area contributed by atoms with Gasteiger partial charge in [0.2, 0.25) is 6.79 Å². The van der Waals surface area contributed by atoms with Crippen LogP contribution in [0.3, 0.4) is 0 Å². The molecule has 10 atom stereocenters. The fraction of sp³-hybridized carbons (Fsp3) is 0.698. The maximum atomic E-state index is 14.4. The van der Waals surface area contributed by atoms with E-state index in [2.05, 4.69) is 69.6 Å². The zero-order chi connectivity index (χ0) is 38.6. The monoisotopic (exact) mass is 784 g/mol. The Balaban J connectivity index is 1.60. The smallest absolute Gasteiger partial charge is 0.336 e. The molecular formula is C43H61BrO8. The maximum absolute atomic E-state index is 14.4. The Morgan fingerprint density at radius 1 is 0.904 bits per heavy atom. The third kappa shape index (κ3) is 7.32. The van der Waals surface area contributed by atoms with Gasteiger partial charge in [-0.2, -0.15) is 0 Å². The molecule has 1 aromatic carbocycles. The van der Waals surface area contributed by atoms with Gasteiger partial charge in [0, 0.05) is 17.0 Å². The average Bonchev–Trinajstić information content (AvgIpc) is 3.32. The highest BCUT2D eigenvalue weighted by molar-refractivity contribution is 9.10. The van der Waals surface area contributed by atoms with Crippen molar-refractivity contribution in [3.8, 4) is 0 Å². The lowest BCUT2D eigenvalue weighted by atomic mass is 9.36. The van der Waals surface area contributed by atoms with Gasteiger partial charge in [-0.25, -0.2) is 4.79 Å². The van der Waals surface area contributed by atoms with Crippen LogP contribution in [0.4, 0.5) is 0 Å². The molecule has 288 valence electrons. The number of aliphatic hydroxyl groups is 2. The van der Waals surface area contributed by atoms with Crippen LogP contribution in [0, 0.1) is 45.3 Å². The van der Waals surface area contributed by atoms with E-state index in [0.29, 0.717) is 37.2 Å². The number of aliphatic hydroxyl groups excluding tert-OH is 2. The first-order valence-electron chi connectivity index (χ1n) is 19.2. The fourth-order valence-electron chi connectivity index (χ4n) is 11.3. The molecule has 9 heteroatoms. The van der Waals surface area contributed by atoms with Gasteiger partial charge in [0.05, 0.1) is 17.6 Å². The summed E-state index contributed by atoms with van der Waals surface area (Å²) in [6.45, 7) is 19.3. The number of rotatable bonds is 8. The first-order chi connectivity index (χ1) is 24.2. The largest absolute Gasteiger partial charge is 0.458 e. The van der Waals surface area contributed by atoms with Gasteiger partial charge in [0.15, 0.2) is 0 Å². The zero-order valence-electron chi connectivity index (χ0n) is 32.9. The number of carbonyl (C=O) groups is 3. The first kappa shape index (κ1) is 40.7. The highest BCUT2D eigenvalue weighted by atomic mass is 79.9. The van der Waals surface area contributed by atoms with Crippen LogP contribution in [0.15, 0.2) is 45.5 Å². The Kier molecular flexibility index (Phi) is 11.7. The van der Waals surface area contributed by atoms with Crippen LogP contribution in [0.1, 0.15) is 126 Å². The van der Waals surface area contributed by atoms with Crippen LogP contribution in [0.25, 0.3) is 5.57 Å². The van der Waals surface area contributed by atoms with Crippen molar-refractivity contribution in [3.63, 3.8) is 0 Å². The van der Waals surface area contributed by atoms with Gasteiger partial charge in [-0.15, -0.1) is 0 Å². The molecule has 8 nitrogen and oxygen atoms in total. The second-order valence-electron chi connectivity index (χ2n) is 18.2. The third-order valence-corrected chi connectivity index (χ3v) is 14.6. The third-order valence-electron chi connectivity index (χ3n) is 14.0. The normalized spacial score (nSPS) is 36.4. The minimum atomic E-state index is -0.765. The Labute approximate surface area is 319 Å². The molecule has 2 N–H and O–H groups in total. The highest BCUT2D eigenvalue weighted by Gasteiger charge is 2.71. The Hall–Kier alpha value is -2.49. The van der Waals surface area contributed by atoms with Gasteiger partial charge in [0.25, 0.3) is 0 Å². The SMILES string of the molecule is CC(=O)O[C@H]1C[C@@]2(C)C(C[C@@H](O)[C@H]3[C@@]4(C)CC[C@@H](O)[C@@H](C)C4CC[C@@]32C)/C1=C(\CCC(=C(C)C)c1ccc(Br)cc1)C(=O)OCOC(=O)C(C)(C)C. The molecule has 0 saturated heterocycles. The van der Waals surface area contributed by atoms with Gasteiger partial charge >= 0.3 is 17.9 Å². The van der Waals surface area contributed by atoms with E-state index in [1.807, 2.05) is 12.1 Å². The maximum Gasteiger partial charge on any atom is 0.336 e. The Morgan fingerprint density at radius 2 is 1.56 bits per heavy atom. The van der Waals surface area contributed by atoms with Crippen molar-refractivity contribution >= 4 is 39.4 Å². The zero-order valence-corrected chi connectivity index (χ0v) is 34.5. The van der Waals surface area contributed by atoms with Crippen LogP contribution in [-0.4, -0.2) is 53.2 Å². The number of esters is 3. The number of ether oxygens (including phenoxy) is 3. The van der Waals surface area contributed by atoms with E-state index in [4.69, 9.17) is 14.2 Å². The van der Waals surface area contributed by atoms with Gasteiger partial charge in [-0.05, 0) is 155 Å². The van der Waals surface area contributed by atoms with Crippen LogP contribution < -0.4 is 0 Å². The Bertz CT molecular complexity index is 1600. The van der Waals surface area contributed by atoms with Crippen molar-refractivity contribution < 1.29 is 38.8 Å². The topological polar surface area (TPSA) is 119 Å². The molecule has 0 aromatic heterocycles. The summed E-state index contributed by atoms with van der Waals surface area (Å²) in [5, 5.41) is 23.2. The highest BCUT2D eigenvalue weighted by Crippen LogP contribution is 2.74. The molecule has 0 radical (unpaired) electrons. The summed E-state index contributed by atoms with van der Waals surface area (Å²) in [6, 6.07) is 8.10. The summed E-state index contributed by atoms with van der Waals surface area (Å²) in [5.41, 5.74) is 2.75. The summed E-state index contributed by atoms with van der Waals surface area (Å²) in [5.74, 6) is -1.33.